The summed E-state index contributed by atoms with van der Waals surface area (Å²) in [4.78, 5) is 36.2. The molecule has 1 heterocycles. The van der Waals surface area contributed by atoms with Crippen LogP contribution in [0, 0.1) is 5.92 Å². The standard InChI is InChI=1S/C26H47NO4/c1-22-21-25(30)27(26(22)31)20-19-24(29)18-16-14-12-10-8-6-4-3-5-7-9-11-13-15-17-23(2)28/h22,25,30H,3-21H2,1-2H3. The minimum atomic E-state index is -0.709. The molecule has 1 aliphatic rings. The Kier molecular flexibility index (Phi) is 15.6. The van der Waals surface area contributed by atoms with Crippen LogP contribution in [0.15, 0.2) is 0 Å². The van der Waals surface area contributed by atoms with Crippen LogP contribution in [0.2, 0.25) is 0 Å². The molecular weight excluding hydrogens is 390 g/mol. The van der Waals surface area contributed by atoms with Gasteiger partial charge in [-0.3, -0.25) is 9.59 Å². The molecule has 1 N–H and O–H groups in total. The Balaban J connectivity index is 1.81. The number of hydrogen-bond donors (Lipinski definition) is 1. The highest BCUT2D eigenvalue weighted by Gasteiger charge is 2.35. The van der Waals surface area contributed by atoms with Crippen molar-refractivity contribution in [2.45, 2.75) is 136 Å². The molecule has 5 nitrogen and oxygen atoms in total. The number of hydrogen-bond acceptors (Lipinski definition) is 4. The van der Waals surface area contributed by atoms with E-state index in [1.807, 2.05) is 6.92 Å². The number of ketones is 2. The number of amides is 1. The second-order valence-corrected chi connectivity index (χ2v) is 9.59. The van der Waals surface area contributed by atoms with Crippen molar-refractivity contribution in [1.29, 1.82) is 0 Å². The maximum Gasteiger partial charge on any atom is 0.227 e. The van der Waals surface area contributed by atoms with Gasteiger partial charge in [0.15, 0.2) is 0 Å². The van der Waals surface area contributed by atoms with Crippen LogP contribution in [0.5, 0.6) is 0 Å². The van der Waals surface area contributed by atoms with Gasteiger partial charge in [-0.1, -0.05) is 84.0 Å². The number of rotatable bonds is 20. The van der Waals surface area contributed by atoms with Crippen molar-refractivity contribution >= 4 is 17.5 Å². The number of carbonyl (C=O) groups is 3. The van der Waals surface area contributed by atoms with Crippen LogP contribution >= 0.6 is 0 Å². The maximum atomic E-state index is 12.0. The number of likely N-dealkylation sites (tertiary alicyclic amines) is 1. The highest BCUT2D eigenvalue weighted by atomic mass is 16.3. The Hall–Kier alpha value is -1.23. The van der Waals surface area contributed by atoms with Crippen molar-refractivity contribution in [3.63, 3.8) is 0 Å². The zero-order valence-electron chi connectivity index (χ0n) is 20.2. The monoisotopic (exact) mass is 437 g/mol. The Morgan fingerprint density at radius 3 is 1.58 bits per heavy atom. The van der Waals surface area contributed by atoms with Gasteiger partial charge in [-0.15, -0.1) is 0 Å². The van der Waals surface area contributed by atoms with Crippen molar-refractivity contribution in [3.8, 4) is 0 Å². The molecule has 5 heteroatoms. The molecule has 0 aromatic rings. The van der Waals surface area contributed by atoms with Crippen molar-refractivity contribution in [2.24, 2.45) is 5.92 Å². The molecule has 2 unspecified atom stereocenters. The summed E-state index contributed by atoms with van der Waals surface area (Å²) in [7, 11) is 0. The van der Waals surface area contributed by atoms with E-state index in [4.69, 9.17) is 0 Å². The molecule has 0 saturated carbocycles. The summed E-state index contributed by atoms with van der Waals surface area (Å²) in [6.45, 7) is 3.87. The molecule has 0 aromatic carbocycles. The van der Waals surface area contributed by atoms with Gasteiger partial charge in [0.1, 0.15) is 17.8 Å². The lowest BCUT2D eigenvalue weighted by Crippen LogP contribution is -2.35. The smallest absolute Gasteiger partial charge is 0.227 e. The fourth-order valence-corrected chi connectivity index (χ4v) is 4.42. The van der Waals surface area contributed by atoms with Crippen LogP contribution in [0.1, 0.15) is 129 Å². The van der Waals surface area contributed by atoms with E-state index in [1.165, 1.54) is 75.5 Å². The molecule has 1 amide bonds. The van der Waals surface area contributed by atoms with E-state index in [0.717, 1.165) is 25.7 Å². The van der Waals surface area contributed by atoms with Gasteiger partial charge in [-0.2, -0.15) is 0 Å². The van der Waals surface area contributed by atoms with Gasteiger partial charge in [0.05, 0.1) is 0 Å². The van der Waals surface area contributed by atoms with Gasteiger partial charge in [0.2, 0.25) is 5.91 Å². The number of carbonyl (C=O) groups excluding carboxylic acids is 3. The average Bonchev–Trinajstić information content (AvgIpc) is 2.97. The summed E-state index contributed by atoms with van der Waals surface area (Å²) in [5.74, 6) is 0.371. The maximum absolute atomic E-state index is 12.0. The highest BCUT2D eigenvalue weighted by Crippen LogP contribution is 2.22. The molecule has 0 spiro atoms. The van der Waals surface area contributed by atoms with Crippen molar-refractivity contribution in [3.05, 3.63) is 0 Å². The SMILES string of the molecule is CC(=O)CCCCCCCCCCCCCCCCC(=O)CCN1C(=O)C(C)CC1O. The lowest BCUT2D eigenvalue weighted by atomic mass is 10.0. The average molecular weight is 438 g/mol. The second kappa shape index (κ2) is 17.3. The normalized spacial score (nSPS) is 18.7. The van der Waals surface area contributed by atoms with Crippen LogP contribution in [-0.4, -0.2) is 40.3 Å². The summed E-state index contributed by atoms with van der Waals surface area (Å²) < 4.78 is 0. The Morgan fingerprint density at radius 1 is 0.774 bits per heavy atom. The topological polar surface area (TPSA) is 74.7 Å². The number of aliphatic hydroxyl groups excluding tert-OH is 1. The van der Waals surface area contributed by atoms with E-state index in [0.29, 0.717) is 31.6 Å². The van der Waals surface area contributed by atoms with Crippen molar-refractivity contribution in [1.82, 2.24) is 4.90 Å². The fourth-order valence-electron chi connectivity index (χ4n) is 4.42. The molecule has 180 valence electrons. The quantitative estimate of drug-likeness (QED) is 0.238. The first-order valence-corrected chi connectivity index (χ1v) is 12.9. The van der Waals surface area contributed by atoms with Crippen LogP contribution in [0.4, 0.5) is 0 Å². The van der Waals surface area contributed by atoms with E-state index in [1.54, 1.807) is 6.92 Å². The van der Waals surface area contributed by atoms with Gasteiger partial charge in [0, 0.05) is 38.1 Å². The van der Waals surface area contributed by atoms with Crippen LogP contribution in [0.25, 0.3) is 0 Å². The summed E-state index contributed by atoms with van der Waals surface area (Å²) in [6.07, 6.45) is 18.8. The zero-order chi connectivity index (χ0) is 22.9. The van der Waals surface area contributed by atoms with E-state index in [2.05, 4.69) is 0 Å². The molecule has 2 atom stereocenters. The minimum absolute atomic E-state index is 0.0264. The Labute approximate surface area is 190 Å². The molecule has 1 saturated heterocycles. The third-order valence-electron chi connectivity index (χ3n) is 6.49. The molecule has 1 fully saturated rings. The lowest BCUT2D eigenvalue weighted by molar-refractivity contribution is -0.135. The molecule has 0 aliphatic carbocycles. The molecule has 0 aromatic heterocycles. The molecule has 0 bridgehead atoms. The van der Waals surface area contributed by atoms with Gasteiger partial charge < -0.3 is 14.8 Å². The molecule has 1 aliphatic heterocycles. The predicted octanol–water partition coefficient (Wildman–Crippen LogP) is 5.96. The van der Waals surface area contributed by atoms with E-state index >= 15 is 0 Å². The lowest BCUT2D eigenvalue weighted by Gasteiger charge is -2.19. The minimum Gasteiger partial charge on any atom is -0.373 e. The first-order chi connectivity index (χ1) is 14.9. The number of nitrogens with zero attached hydrogens (tertiary/aromatic N) is 1. The predicted molar refractivity (Wildman–Crippen MR) is 126 cm³/mol. The first-order valence-electron chi connectivity index (χ1n) is 12.9. The van der Waals surface area contributed by atoms with Crippen LogP contribution in [-0.2, 0) is 14.4 Å². The van der Waals surface area contributed by atoms with Crippen LogP contribution in [0.3, 0.4) is 0 Å². The number of aliphatic hydroxyl groups is 1. The largest absolute Gasteiger partial charge is 0.373 e. The van der Waals surface area contributed by atoms with Gasteiger partial charge >= 0.3 is 0 Å². The zero-order valence-corrected chi connectivity index (χ0v) is 20.2. The van der Waals surface area contributed by atoms with Gasteiger partial charge in [0.25, 0.3) is 0 Å². The first kappa shape index (κ1) is 27.8. The highest BCUT2D eigenvalue weighted by molar-refractivity contribution is 5.82. The number of Topliss-reactive ketones (excluding diaryl/α,β-unsaturated/α-hetero) is 2. The molecule has 1 rings (SSSR count). The van der Waals surface area contributed by atoms with E-state index in [-0.39, 0.29) is 17.6 Å². The van der Waals surface area contributed by atoms with Crippen LogP contribution < -0.4 is 0 Å². The molecule has 31 heavy (non-hydrogen) atoms. The summed E-state index contributed by atoms with van der Waals surface area (Å²) in [5, 5.41) is 9.86. The van der Waals surface area contributed by atoms with Gasteiger partial charge in [-0.25, -0.2) is 0 Å². The second-order valence-electron chi connectivity index (χ2n) is 9.59. The summed E-state index contributed by atoms with van der Waals surface area (Å²) >= 11 is 0. The summed E-state index contributed by atoms with van der Waals surface area (Å²) in [5.41, 5.74) is 0. The summed E-state index contributed by atoms with van der Waals surface area (Å²) in [6, 6.07) is 0. The Bertz CT molecular complexity index is 520. The van der Waals surface area contributed by atoms with E-state index < -0.39 is 6.23 Å². The molecular formula is C26H47NO4. The third-order valence-corrected chi connectivity index (χ3v) is 6.49. The fraction of sp³-hybridized carbons (Fsp3) is 0.885. The Morgan fingerprint density at radius 2 is 1.19 bits per heavy atom. The van der Waals surface area contributed by atoms with Crippen molar-refractivity contribution in [2.75, 3.05) is 6.54 Å². The third kappa shape index (κ3) is 13.7. The van der Waals surface area contributed by atoms with Gasteiger partial charge in [-0.05, 0) is 19.8 Å². The van der Waals surface area contributed by atoms with E-state index in [9.17, 15) is 19.5 Å². The van der Waals surface area contributed by atoms with Crippen molar-refractivity contribution < 1.29 is 19.5 Å². The number of unbranched alkanes of at least 4 members (excludes halogenated alkanes) is 13. The molecule has 0 radical (unpaired) electrons.